The molecule has 0 aliphatic heterocycles. The van der Waals surface area contributed by atoms with E-state index < -0.39 is 22.3 Å². The number of guanidine groups is 2. The van der Waals surface area contributed by atoms with Gasteiger partial charge in [0.1, 0.15) is 0 Å². The highest BCUT2D eigenvalue weighted by Crippen LogP contribution is 2.39. The zero-order chi connectivity index (χ0) is 39.0. The Kier molecular flexibility index (Phi) is 22.1. The van der Waals surface area contributed by atoms with Gasteiger partial charge < -0.3 is 60.8 Å². The third kappa shape index (κ3) is 19.4. The molecule has 0 heterocycles. The molecule has 0 aliphatic rings. The van der Waals surface area contributed by atoms with Crippen LogP contribution in [0.1, 0.15) is 46.4 Å². The van der Waals surface area contributed by atoms with Gasteiger partial charge in [-0.1, -0.05) is 0 Å². The minimum Gasteiger partial charge on any atom is -0.493 e. The summed E-state index contributed by atoms with van der Waals surface area (Å²) < 4.78 is 73.2. The first-order chi connectivity index (χ1) is 24.1. The number of carbonyl (C=O) groups excluding carboxylic acids is 2. The van der Waals surface area contributed by atoms with Crippen LogP contribution in [0.25, 0.3) is 0 Å². The van der Waals surface area contributed by atoms with Crippen LogP contribution in [0.5, 0.6) is 34.5 Å². The molecule has 0 unspecified atom stereocenters. The van der Waals surface area contributed by atoms with E-state index in [1.54, 1.807) is 24.3 Å². The number of hydrogen-bond acceptors (Lipinski definition) is 14. The van der Waals surface area contributed by atoms with Crippen molar-refractivity contribution in [3.05, 3.63) is 35.4 Å². The zero-order valence-corrected chi connectivity index (χ0v) is 30.2. The topological polar surface area (TPSA) is 311 Å². The Morgan fingerprint density at radius 1 is 0.569 bits per heavy atom. The van der Waals surface area contributed by atoms with Gasteiger partial charge in [0.05, 0.1) is 67.0 Å². The molecule has 0 aromatic heterocycles. The number of unbranched alkanes of at least 4 members (excludes halogenated alkanes) is 2. The van der Waals surface area contributed by atoms with Crippen molar-refractivity contribution >= 4 is 34.3 Å². The van der Waals surface area contributed by atoms with Gasteiger partial charge >= 0.3 is 22.3 Å². The SMILES string of the molecule is COc1cc(C(=O)OCCCCN=C(N)N)cc(OC)c1OC.COc1cc(C(=O)OCCCCN=C(N)N)cc(OC)c1OC.O=S(=O)(O)O. The van der Waals surface area contributed by atoms with Gasteiger partial charge in [0.25, 0.3) is 0 Å². The van der Waals surface area contributed by atoms with Gasteiger partial charge in [-0.3, -0.25) is 19.1 Å². The van der Waals surface area contributed by atoms with E-state index >= 15 is 0 Å². The molecule has 10 N–H and O–H groups in total. The maximum Gasteiger partial charge on any atom is 0.394 e. The number of hydrogen-bond donors (Lipinski definition) is 6. The normalized spacial score (nSPS) is 10.0. The largest absolute Gasteiger partial charge is 0.493 e. The Hall–Kier alpha value is -5.41. The van der Waals surface area contributed by atoms with Crippen molar-refractivity contribution in [1.29, 1.82) is 0 Å². The highest BCUT2D eigenvalue weighted by Gasteiger charge is 2.19. The van der Waals surface area contributed by atoms with Crippen LogP contribution in [0.4, 0.5) is 0 Å². The summed E-state index contributed by atoms with van der Waals surface area (Å²) in [5.41, 5.74) is 21.5. The molecule has 20 nitrogen and oxygen atoms in total. The van der Waals surface area contributed by atoms with Crippen LogP contribution in [0.2, 0.25) is 0 Å². The van der Waals surface area contributed by atoms with Gasteiger partial charge in [-0.15, -0.1) is 0 Å². The molecule has 0 fully saturated rings. The van der Waals surface area contributed by atoms with Crippen LogP contribution in [-0.4, -0.2) is 110 Å². The average molecular weight is 749 g/mol. The van der Waals surface area contributed by atoms with Crippen LogP contribution >= 0.6 is 0 Å². The number of nitrogens with zero attached hydrogens (tertiary/aromatic N) is 2. The van der Waals surface area contributed by atoms with E-state index in [-0.39, 0.29) is 25.1 Å². The lowest BCUT2D eigenvalue weighted by Gasteiger charge is -2.13. The van der Waals surface area contributed by atoms with Gasteiger partial charge in [-0.05, 0) is 49.9 Å². The highest BCUT2D eigenvalue weighted by molar-refractivity contribution is 7.79. The van der Waals surface area contributed by atoms with Crippen molar-refractivity contribution in [2.45, 2.75) is 25.7 Å². The van der Waals surface area contributed by atoms with E-state index in [9.17, 15) is 9.59 Å². The van der Waals surface area contributed by atoms with E-state index in [0.29, 0.717) is 71.6 Å². The molecule has 0 aliphatic carbocycles. The maximum atomic E-state index is 12.1. The Labute approximate surface area is 296 Å². The molecule has 288 valence electrons. The molecule has 0 spiro atoms. The second-order valence-corrected chi connectivity index (χ2v) is 10.5. The number of ether oxygens (including phenoxy) is 8. The molecule has 2 aromatic carbocycles. The quantitative estimate of drug-likeness (QED) is 0.0410. The molecule has 21 heteroatoms. The standard InChI is InChI=1S/2C15H23N3O5.H2O4S/c2*1-20-11-8-10(9-12(21-2)13(11)22-3)14(19)23-7-5-4-6-18-15(16)17;1-5(2,3)4/h2*8-9H,4-7H2,1-3H3,(H4,16,17,18);(H2,1,2,3,4). The lowest BCUT2D eigenvalue weighted by molar-refractivity contribution is 0.0489. The summed E-state index contributed by atoms with van der Waals surface area (Å²) in [6.07, 6.45) is 2.76. The summed E-state index contributed by atoms with van der Waals surface area (Å²) >= 11 is 0. The van der Waals surface area contributed by atoms with E-state index in [4.69, 9.17) is 78.4 Å². The van der Waals surface area contributed by atoms with Gasteiger partial charge in [0.2, 0.25) is 11.5 Å². The van der Waals surface area contributed by atoms with E-state index in [2.05, 4.69) is 9.98 Å². The minimum absolute atomic E-state index is 0.0550. The van der Waals surface area contributed by atoms with Crippen LogP contribution in [0.15, 0.2) is 34.3 Å². The summed E-state index contributed by atoms with van der Waals surface area (Å²) in [5.74, 6) is 1.60. The van der Waals surface area contributed by atoms with Crippen molar-refractivity contribution in [1.82, 2.24) is 0 Å². The van der Waals surface area contributed by atoms with Crippen molar-refractivity contribution in [2.24, 2.45) is 32.9 Å². The van der Waals surface area contributed by atoms with E-state index in [0.717, 1.165) is 12.8 Å². The summed E-state index contributed by atoms with van der Waals surface area (Å²) in [7, 11) is 4.25. The average Bonchev–Trinajstić information content (AvgIpc) is 3.08. The maximum absolute atomic E-state index is 12.1. The molecular weight excluding hydrogens is 700 g/mol. The predicted octanol–water partition coefficient (Wildman–Crippen LogP) is 1.19. The fraction of sp³-hybridized carbons (Fsp3) is 0.467. The molecule has 0 saturated heterocycles. The summed E-state index contributed by atoms with van der Waals surface area (Å²) in [4.78, 5) is 31.9. The number of rotatable bonds is 18. The fourth-order valence-corrected chi connectivity index (χ4v) is 3.74. The first kappa shape index (κ1) is 45.6. The lowest BCUT2D eigenvalue weighted by Crippen LogP contribution is -2.23. The minimum atomic E-state index is -4.67. The number of aliphatic imine (C=N–C) groups is 2. The molecule has 2 rings (SSSR count). The zero-order valence-electron chi connectivity index (χ0n) is 29.4. The fourth-order valence-electron chi connectivity index (χ4n) is 3.74. The van der Waals surface area contributed by atoms with E-state index in [1.165, 1.54) is 42.7 Å². The molecule has 0 atom stereocenters. The third-order valence-corrected chi connectivity index (χ3v) is 5.96. The first-order valence-corrected chi connectivity index (χ1v) is 16.2. The Morgan fingerprint density at radius 3 is 1.06 bits per heavy atom. The Bertz CT molecular complexity index is 1390. The second kappa shape index (κ2) is 24.7. The summed E-state index contributed by atoms with van der Waals surface area (Å²) in [5, 5.41) is 0. The molecule has 2 aromatic rings. The third-order valence-electron chi connectivity index (χ3n) is 5.96. The number of carbonyl (C=O) groups is 2. The molecular formula is C30H48N6O14S. The van der Waals surface area contributed by atoms with Crippen molar-refractivity contribution < 1.29 is 65.0 Å². The molecule has 0 radical (unpaired) electrons. The van der Waals surface area contributed by atoms with Gasteiger partial charge in [0.15, 0.2) is 34.9 Å². The van der Waals surface area contributed by atoms with Gasteiger partial charge in [-0.25, -0.2) is 9.59 Å². The number of esters is 2. The molecule has 0 saturated carbocycles. The first-order valence-electron chi connectivity index (χ1n) is 14.8. The second-order valence-electron chi connectivity index (χ2n) is 9.58. The summed E-state index contributed by atoms with van der Waals surface area (Å²) in [6.45, 7) is 1.55. The van der Waals surface area contributed by atoms with Crippen LogP contribution in [0.3, 0.4) is 0 Å². The molecule has 0 amide bonds. The monoisotopic (exact) mass is 748 g/mol. The van der Waals surface area contributed by atoms with Gasteiger partial charge in [-0.2, -0.15) is 8.42 Å². The molecule has 0 bridgehead atoms. The predicted molar refractivity (Wildman–Crippen MR) is 187 cm³/mol. The van der Waals surface area contributed by atoms with Crippen molar-refractivity contribution in [2.75, 3.05) is 69.0 Å². The number of benzene rings is 2. The number of methoxy groups -OCH3 is 6. The molecule has 51 heavy (non-hydrogen) atoms. The number of nitrogens with two attached hydrogens (primary N) is 4. The van der Waals surface area contributed by atoms with Crippen LogP contribution in [-0.2, 0) is 19.9 Å². The van der Waals surface area contributed by atoms with E-state index in [1.807, 2.05) is 0 Å². The van der Waals surface area contributed by atoms with Gasteiger partial charge in [0, 0.05) is 13.1 Å². The van der Waals surface area contributed by atoms with Crippen molar-refractivity contribution in [3.8, 4) is 34.5 Å². The highest BCUT2D eigenvalue weighted by atomic mass is 32.3. The van der Waals surface area contributed by atoms with Crippen molar-refractivity contribution in [3.63, 3.8) is 0 Å². The Balaban J connectivity index is 0.000000865. The summed E-state index contributed by atoms with van der Waals surface area (Å²) in [6, 6.07) is 6.18. The Morgan fingerprint density at radius 2 is 0.843 bits per heavy atom. The smallest absolute Gasteiger partial charge is 0.394 e. The van der Waals surface area contributed by atoms with Crippen LogP contribution < -0.4 is 51.4 Å². The van der Waals surface area contributed by atoms with Crippen LogP contribution in [0, 0.1) is 0 Å². The lowest BCUT2D eigenvalue weighted by atomic mass is 10.2.